The Hall–Kier alpha value is -1.11. The van der Waals surface area contributed by atoms with Gasteiger partial charge in [0.25, 0.3) is 0 Å². The average Bonchev–Trinajstić information content (AvgIpc) is 2.79. The molecule has 2 aromatic rings. The van der Waals surface area contributed by atoms with Gasteiger partial charge in [-0.2, -0.15) is 4.37 Å². The number of nitrogens with two attached hydrogens (primary N) is 1. The summed E-state index contributed by atoms with van der Waals surface area (Å²) in [7, 11) is 0. The summed E-state index contributed by atoms with van der Waals surface area (Å²) in [6.07, 6.45) is 0. The number of aromatic nitrogens is 2. The van der Waals surface area contributed by atoms with Gasteiger partial charge in [-0.15, -0.1) is 0 Å². The number of ether oxygens (including phenoxy) is 1. The molecule has 6 heteroatoms. The van der Waals surface area contributed by atoms with Crippen LogP contribution >= 0.6 is 23.5 Å². The normalized spacial score (nSPS) is 10.4. The maximum Gasteiger partial charge on any atom is 0.185 e. The van der Waals surface area contributed by atoms with Crippen LogP contribution in [0.1, 0.15) is 6.92 Å². The fourth-order valence-corrected chi connectivity index (χ4v) is 2.10. The van der Waals surface area contributed by atoms with Crippen LogP contribution in [-0.2, 0) is 0 Å². The molecule has 0 unspecified atom stereocenters. The van der Waals surface area contributed by atoms with Gasteiger partial charge >= 0.3 is 0 Å². The molecule has 2 rings (SSSR count). The third-order valence-electron chi connectivity index (χ3n) is 1.93. The van der Waals surface area contributed by atoms with E-state index in [4.69, 9.17) is 9.88 Å². The molecule has 0 amide bonds. The van der Waals surface area contributed by atoms with Gasteiger partial charge in [0.15, 0.2) is 10.2 Å². The van der Waals surface area contributed by atoms with E-state index >= 15 is 0 Å². The van der Waals surface area contributed by atoms with E-state index in [2.05, 4.69) is 9.36 Å². The topological polar surface area (TPSA) is 61.0 Å². The van der Waals surface area contributed by atoms with Gasteiger partial charge in [0, 0.05) is 5.56 Å². The molecule has 0 atom stereocenters. The zero-order valence-corrected chi connectivity index (χ0v) is 10.3. The number of benzene rings is 1. The molecule has 0 aliphatic carbocycles. The first-order chi connectivity index (χ1) is 7.83. The molecule has 0 fully saturated rings. The maximum atomic E-state index is 5.41. The predicted octanol–water partition coefficient (Wildman–Crippen LogP) is 2.57. The molecular formula is C10H11N3OS2. The highest BCUT2D eigenvalue weighted by Crippen LogP contribution is 2.23. The maximum absolute atomic E-state index is 5.41. The molecule has 1 heterocycles. The van der Waals surface area contributed by atoms with Crippen molar-refractivity contribution < 1.29 is 4.74 Å². The Balaban J connectivity index is 2.20. The van der Waals surface area contributed by atoms with Crippen LogP contribution in [0, 0.1) is 0 Å². The van der Waals surface area contributed by atoms with E-state index in [1.165, 1.54) is 11.5 Å². The number of rotatable bonds is 4. The van der Waals surface area contributed by atoms with Gasteiger partial charge < -0.3 is 4.74 Å². The molecule has 84 valence electrons. The van der Waals surface area contributed by atoms with Crippen LogP contribution in [-0.4, -0.2) is 16.0 Å². The van der Waals surface area contributed by atoms with Gasteiger partial charge in [-0.05, 0) is 54.7 Å². The summed E-state index contributed by atoms with van der Waals surface area (Å²) >= 11 is 2.42. The monoisotopic (exact) mass is 253 g/mol. The van der Waals surface area contributed by atoms with Crippen LogP contribution in [0.15, 0.2) is 28.6 Å². The zero-order chi connectivity index (χ0) is 11.4. The van der Waals surface area contributed by atoms with Gasteiger partial charge in [-0.25, -0.2) is 4.98 Å². The summed E-state index contributed by atoms with van der Waals surface area (Å²) in [5.41, 5.74) is 0.972. The Morgan fingerprint density at radius 1 is 1.38 bits per heavy atom. The van der Waals surface area contributed by atoms with E-state index in [0.717, 1.165) is 27.6 Å². The smallest absolute Gasteiger partial charge is 0.185 e. The van der Waals surface area contributed by atoms with E-state index in [-0.39, 0.29) is 0 Å². The van der Waals surface area contributed by atoms with E-state index in [0.29, 0.717) is 12.4 Å². The first-order valence-corrected chi connectivity index (χ1v) is 6.42. The second kappa shape index (κ2) is 5.29. The number of nitrogens with zero attached hydrogens (tertiary/aromatic N) is 2. The summed E-state index contributed by atoms with van der Waals surface area (Å²) in [5.74, 6) is 1.57. The van der Waals surface area contributed by atoms with Gasteiger partial charge in [0.05, 0.1) is 6.61 Å². The molecule has 16 heavy (non-hydrogen) atoms. The minimum atomic E-state index is 0.669. The fourth-order valence-electron chi connectivity index (χ4n) is 1.24. The number of hydrogen-bond acceptors (Lipinski definition) is 6. The summed E-state index contributed by atoms with van der Waals surface area (Å²) in [5, 5.41) is 5.41. The third-order valence-corrected chi connectivity index (χ3v) is 3.25. The largest absolute Gasteiger partial charge is 0.494 e. The lowest BCUT2D eigenvalue weighted by molar-refractivity contribution is 0.340. The van der Waals surface area contributed by atoms with Crippen molar-refractivity contribution in [2.75, 3.05) is 6.61 Å². The van der Waals surface area contributed by atoms with Crippen LogP contribution < -0.4 is 9.88 Å². The highest BCUT2D eigenvalue weighted by atomic mass is 32.2. The Kier molecular flexibility index (Phi) is 3.76. The molecule has 1 aromatic heterocycles. The van der Waals surface area contributed by atoms with Gasteiger partial charge in [-0.3, -0.25) is 5.14 Å². The summed E-state index contributed by atoms with van der Waals surface area (Å²) in [4.78, 5) is 4.28. The minimum Gasteiger partial charge on any atom is -0.494 e. The van der Waals surface area contributed by atoms with E-state index in [9.17, 15) is 0 Å². The summed E-state index contributed by atoms with van der Waals surface area (Å²) in [6.45, 7) is 2.63. The van der Waals surface area contributed by atoms with E-state index in [1.807, 2.05) is 31.2 Å². The van der Waals surface area contributed by atoms with Gasteiger partial charge in [0.1, 0.15) is 5.75 Å². The minimum absolute atomic E-state index is 0.669. The van der Waals surface area contributed by atoms with Gasteiger partial charge in [-0.1, -0.05) is 0 Å². The highest BCUT2D eigenvalue weighted by molar-refractivity contribution is 7.98. The molecule has 4 nitrogen and oxygen atoms in total. The standard InChI is InChI=1S/C10H11N3OS2/c1-2-14-8-5-3-7(4-6-8)9-12-10(15-11)16-13-9/h3-6H,2,11H2,1H3. The molecule has 0 aliphatic heterocycles. The predicted molar refractivity (Wildman–Crippen MR) is 66.6 cm³/mol. The Bertz CT molecular complexity index is 455. The molecule has 0 spiro atoms. The molecule has 0 radical (unpaired) electrons. The lowest BCUT2D eigenvalue weighted by atomic mass is 10.2. The van der Waals surface area contributed by atoms with Crippen LogP contribution in [0.5, 0.6) is 5.75 Å². The van der Waals surface area contributed by atoms with Crippen molar-refractivity contribution in [1.29, 1.82) is 0 Å². The Morgan fingerprint density at radius 2 is 2.12 bits per heavy atom. The van der Waals surface area contributed by atoms with Crippen LogP contribution in [0.25, 0.3) is 11.4 Å². The molecule has 0 saturated carbocycles. The molecule has 0 bridgehead atoms. The first kappa shape index (κ1) is 11.4. The van der Waals surface area contributed by atoms with E-state index < -0.39 is 0 Å². The molecule has 0 aliphatic rings. The average molecular weight is 253 g/mol. The second-order valence-electron chi connectivity index (χ2n) is 2.96. The molecule has 0 saturated heterocycles. The SMILES string of the molecule is CCOc1ccc(-c2nsc(SN)n2)cc1. The van der Waals surface area contributed by atoms with Crippen LogP contribution in [0.4, 0.5) is 0 Å². The molecule has 2 N–H and O–H groups in total. The third kappa shape index (κ3) is 2.52. The Labute approximate surface area is 102 Å². The summed E-state index contributed by atoms with van der Waals surface area (Å²) in [6, 6.07) is 7.71. The Morgan fingerprint density at radius 3 is 2.69 bits per heavy atom. The summed E-state index contributed by atoms with van der Waals surface area (Å²) < 4.78 is 10.4. The highest BCUT2D eigenvalue weighted by Gasteiger charge is 2.05. The van der Waals surface area contributed by atoms with Crippen molar-refractivity contribution in [3.8, 4) is 17.1 Å². The zero-order valence-electron chi connectivity index (χ0n) is 8.71. The number of hydrogen-bond donors (Lipinski definition) is 1. The second-order valence-corrected chi connectivity index (χ2v) is 4.59. The lowest BCUT2D eigenvalue weighted by Crippen LogP contribution is -1.90. The van der Waals surface area contributed by atoms with Crippen molar-refractivity contribution in [2.45, 2.75) is 11.3 Å². The lowest BCUT2D eigenvalue weighted by Gasteiger charge is -2.02. The van der Waals surface area contributed by atoms with Crippen molar-refractivity contribution in [1.82, 2.24) is 9.36 Å². The van der Waals surface area contributed by atoms with Crippen molar-refractivity contribution >= 4 is 23.5 Å². The quantitative estimate of drug-likeness (QED) is 0.848. The van der Waals surface area contributed by atoms with Crippen molar-refractivity contribution in [3.05, 3.63) is 24.3 Å². The van der Waals surface area contributed by atoms with Crippen molar-refractivity contribution in [3.63, 3.8) is 0 Å². The van der Waals surface area contributed by atoms with Crippen LogP contribution in [0.2, 0.25) is 0 Å². The molecule has 1 aromatic carbocycles. The van der Waals surface area contributed by atoms with E-state index in [1.54, 1.807) is 0 Å². The fraction of sp³-hybridized carbons (Fsp3) is 0.200. The molecular weight excluding hydrogens is 242 g/mol. The first-order valence-electron chi connectivity index (χ1n) is 4.77. The van der Waals surface area contributed by atoms with Crippen molar-refractivity contribution in [2.24, 2.45) is 5.14 Å². The van der Waals surface area contributed by atoms with Gasteiger partial charge in [0.2, 0.25) is 0 Å². The van der Waals surface area contributed by atoms with Crippen LogP contribution in [0.3, 0.4) is 0 Å².